The molecule has 0 radical (unpaired) electrons. The molecular formula is C16H31NO3. The fourth-order valence-corrected chi connectivity index (χ4v) is 2.33. The molecule has 4 nitrogen and oxygen atoms in total. The molecule has 1 amide bonds. The van der Waals surface area contributed by atoms with Gasteiger partial charge < -0.3 is 10.4 Å². The Morgan fingerprint density at radius 1 is 0.950 bits per heavy atom. The van der Waals surface area contributed by atoms with Gasteiger partial charge in [-0.15, -0.1) is 0 Å². The number of unbranched alkanes of at least 4 members (excludes halogenated alkanes) is 6. The number of amides is 1. The molecule has 1 atom stereocenters. The molecule has 118 valence electrons. The van der Waals surface area contributed by atoms with Crippen molar-refractivity contribution >= 4 is 11.9 Å². The average Bonchev–Trinajstić information content (AvgIpc) is 2.37. The van der Waals surface area contributed by atoms with Crippen LogP contribution < -0.4 is 5.32 Å². The molecule has 0 aliphatic heterocycles. The molecule has 0 fully saturated rings. The number of carbonyl (C=O) groups excluding carboxylic acids is 1. The van der Waals surface area contributed by atoms with Crippen molar-refractivity contribution in [2.45, 2.75) is 90.5 Å². The van der Waals surface area contributed by atoms with Gasteiger partial charge in [-0.3, -0.25) is 9.59 Å². The minimum absolute atomic E-state index is 0.00161. The van der Waals surface area contributed by atoms with Crippen LogP contribution in [0.5, 0.6) is 0 Å². The summed E-state index contributed by atoms with van der Waals surface area (Å²) in [5.74, 6) is -0.849. The molecule has 0 saturated heterocycles. The van der Waals surface area contributed by atoms with Crippen molar-refractivity contribution in [3.63, 3.8) is 0 Å². The van der Waals surface area contributed by atoms with Crippen LogP contribution in [0.3, 0.4) is 0 Å². The maximum Gasteiger partial charge on any atom is 0.305 e. The van der Waals surface area contributed by atoms with E-state index in [1.54, 1.807) is 0 Å². The van der Waals surface area contributed by atoms with Crippen molar-refractivity contribution in [3.05, 3.63) is 0 Å². The molecule has 0 aliphatic carbocycles. The van der Waals surface area contributed by atoms with Gasteiger partial charge in [-0.05, 0) is 12.8 Å². The van der Waals surface area contributed by atoms with Gasteiger partial charge in [-0.1, -0.05) is 58.8 Å². The summed E-state index contributed by atoms with van der Waals surface area (Å²) in [4.78, 5) is 22.4. The van der Waals surface area contributed by atoms with E-state index in [4.69, 9.17) is 5.11 Å². The number of carboxylic acids is 1. The Balaban J connectivity index is 3.66. The summed E-state index contributed by atoms with van der Waals surface area (Å²) in [6.45, 7) is 4.20. The molecule has 0 saturated carbocycles. The number of nitrogens with one attached hydrogen (secondary N) is 1. The first-order valence-corrected chi connectivity index (χ1v) is 8.11. The third kappa shape index (κ3) is 12.0. The Labute approximate surface area is 123 Å². The summed E-state index contributed by atoms with van der Waals surface area (Å²) in [5.41, 5.74) is 0. The van der Waals surface area contributed by atoms with E-state index < -0.39 is 5.97 Å². The molecule has 0 aromatic carbocycles. The van der Waals surface area contributed by atoms with Gasteiger partial charge in [0.1, 0.15) is 0 Å². The minimum atomic E-state index is -0.848. The molecule has 0 aromatic rings. The summed E-state index contributed by atoms with van der Waals surface area (Å²) >= 11 is 0. The van der Waals surface area contributed by atoms with E-state index in [-0.39, 0.29) is 18.4 Å². The summed E-state index contributed by atoms with van der Waals surface area (Å²) in [5, 5.41) is 11.6. The zero-order valence-corrected chi connectivity index (χ0v) is 13.1. The van der Waals surface area contributed by atoms with E-state index in [9.17, 15) is 9.59 Å². The molecule has 4 heteroatoms. The lowest BCUT2D eigenvalue weighted by Gasteiger charge is -2.16. The fourth-order valence-electron chi connectivity index (χ4n) is 2.33. The first-order valence-electron chi connectivity index (χ1n) is 8.11. The highest BCUT2D eigenvalue weighted by Gasteiger charge is 2.14. The van der Waals surface area contributed by atoms with E-state index in [1.165, 1.54) is 32.1 Å². The number of hydrogen-bond acceptors (Lipinski definition) is 2. The largest absolute Gasteiger partial charge is 0.481 e. The Kier molecular flexibility index (Phi) is 12.3. The number of carbonyl (C=O) groups is 2. The van der Waals surface area contributed by atoms with Crippen LogP contribution in [-0.4, -0.2) is 23.0 Å². The number of hydrogen-bond donors (Lipinski definition) is 2. The normalized spacial score (nSPS) is 12.1. The van der Waals surface area contributed by atoms with E-state index in [0.29, 0.717) is 6.42 Å². The summed E-state index contributed by atoms with van der Waals surface area (Å²) in [6.07, 6.45) is 10.5. The molecule has 2 N–H and O–H groups in total. The lowest BCUT2D eigenvalue weighted by atomic mass is 10.1. The topological polar surface area (TPSA) is 66.4 Å². The van der Waals surface area contributed by atoms with Crippen molar-refractivity contribution in [3.8, 4) is 0 Å². The quantitative estimate of drug-likeness (QED) is 0.505. The zero-order chi connectivity index (χ0) is 15.2. The van der Waals surface area contributed by atoms with Crippen LogP contribution in [0.15, 0.2) is 0 Å². The van der Waals surface area contributed by atoms with Gasteiger partial charge in [0.2, 0.25) is 5.91 Å². The van der Waals surface area contributed by atoms with E-state index in [0.717, 1.165) is 25.7 Å². The van der Waals surface area contributed by atoms with Gasteiger partial charge in [0.05, 0.1) is 6.42 Å². The number of rotatable bonds is 13. The monoisotopic (exact) mass is 285 g/mol. The van der Waals surface area contributed by atoms with Crippen LogP contribution in [0.25, 0.3) is 0 Å². The van der Waals surface area contributed by atoms with Crippen molar-refractivity contribution < 1.29 is 14.7 Å². The van der Waals surface area contributed by atoms with E-state index in [1.807, 2.05) is 6.92 Å². The molecule has 20 heavy (non-hydrogen) atoms. The summed E-state index contributed by atoms with van der Waals surface area (Å²) in [7, 11) is 0. The third-order valence-corrected chi connectivity index (χ3v) is 3.43. The van der Waals surface area contributed by atoms with Gasteiger partial charge >= 0.3 is 5.97 Å². The smallest absolute Gasteiger partial charge is 0.305 e. The van der Waals surface area contributed by atoms with Crippen LogP contribution in [0.2, 0.25) is 0 Å². The van der Waals surface area contributed by atoms with Crippen LogP contribution in [0.1, 0.15) is 84.5 Å². The predicted molar refractivity (Wildman–Crippen MR) is 81.7 cm³/mol. The van der Waals surface area contributed by atoms with E-state index >= 15 is 0 Å². The minimum Gasteiger partial charge on any atom is -0.481 e. The Morgan fingerprint density at radius 3 is 2.10 bits per heavy atom. The first-order chi connectivity index (χ1) is 9.60. The maximum atomic E-state index is 11.7. The van der Waals surface area contributed by atoms with Gasteiger partial charge in [-0.25, -0.2) is 0 Å². The molecule has 0 rings (SSSR count). The van der Waals surface area contributed by atoms with E-state index in [2.05, 4.69) is 12.2 Å². The van der Waals surface area contributed by atoms with Crippen molar-refractivity contribution in [1.29, 1.82) is 0 Å². The lowest BCUT2D eigenvalue weighted by Crippen LogP contribution is -2.36. The van der Waals surface area contributed by atoms with Gasteiger partial charge in [0, 0.05) is 12.5 Å². The van der Waals surface area contributed by atoms with Crippen molar-refractivity contribution in [1.82, 2.24) is 5.32 Å². The highest BCUT2D eigenvalue weighted by atomic mass is 16.4. The molecule has 0 heterocycles. The molecule has 0 aromatic heterocycles. The average molecular weight is 285 g/mol. The highest BCUT2D eigenvalue weighted by Crippen LogP contribution is 2.09. The van der Waals surface area contributed by atoms with Gasteiger partial charge in [0.15, 0.2) is 0 Å². The Bertz CT molecular complexity index is 266. The van der Waals surface area contributed by atoms with Crippen LogP contribution in [0, 0.1) is 0 Å². The van der Waals surface area contributed by atoms with Crippen molar-refractivity contribution in [2.75, 3.05) is 0 Å². The lowest BCUT2D eigenvalue weighted by molar-refractivity contribution is -0.137. The Hall–Kier alpha value is -1.06. The molecule has 0 bridgehead atoms. The molecule has 0 aliphatic rings. The van der Waals surface area contributed by atoms with Gasteiger partial charge in [0.25, 0.3) is 0 Å². The number of carboxylic acid groups (broad SMARTS) is 1. The van der Waals surface area contributed by atoms with Crippen LogP contribution in [0.4, 0.5) is 0 Å². The second-order valence-corrected chi connectivity index (χ2v) is 5.52. The van der Waals surface area contributed by atoms with Gasteiger partial charge in [-0.2, -0.15) is 0 Å². The molecule has 0 spiro atoms. The van der Waals surface area contributed by atoms with Crippen LogP contribution >= 0.6 is 0 Å². The first kappa shape index (κ1) is 18.9. The zero-order valence-electron chi connectivity index (χ0n) is 13.1. The second-order valence-electron chi connectivity index (χ2n) is 5.52. The summed E-state index contributed by atoms with van der Waals surface area (Å²) < 4.78 is 0. The third-order valence-electron chi connectivity index (χ3n) is 3.43. The fraction of sp³-hybridized carbons (Fsp3) is 0.875. The molecule has 1 unspecified atom stereocenters. The predicted octanol–water partition coefficient (Wildman–Crippen LogP) is 3.89. The molecular weight excluding hydrogens is 254 g/mol. The maximum absolute atomic E-state index is 11.7. The number of aliphatic carboxylic acids is 1. The highest BCUT2D eigenvalue weighted by molar-refractivity contribution is 5.77. The summed E-state index contributed by atoms with van der Waals surface area (Å²) in [6, 6.07) is -0.213. The SMILES string of the molecule is CCCCCCCCCC(=O)NC(CCC)CC(=O)O. The standard InChI is InChI=1S/C16H31NO3/c1-3-5-6-7-8-9-10-12-15(18)17-14(11-4-2)13-16(19)20/h14H,3-13H2,1-2H3,(H,17,18)(H,19,20). The van der Waals surface area contributed by atoms with Crippen LogP contribution in [-0.2, 0) is 9.59 Å². The van der Waals surface area contributed by atoms with Crippen molar-refractivity contribution in [2.24, 2.45) is 0 Å². The second kappa shape index (κ2) is 12.9. The Morgan fingerprint density at radius 2 is 1.55 bits per heavy atom.